The Labute approximate surface area is 117 Å². The third-order valence-electron chi connectivity index (χ3n) is 2.80. The number of rotatable bonds is 6. The second-order valence-corrected chi connectivity index (χ2v) is 5.22. The fourth-order valence-corrected chi connectivity index (χ4v) is 1.56. The number of hydrogen-bond acceptors (Lipinski definition) is 3. The molecule has 1 heterocycles. The van der Waals surface area contributed by atoms with E-state index in [9.17, 15) is 13.2 Å². The van der Waals surface area contributed by atoms with Gasteiger partial charge in [-0.05, 0) is 31.9 Å². The van der Waals surface area contributed by atoms with Gasteiger partial charge in [-0.1, -0.05) is 19.9 Å². The molecule has 0 aliphatic heterocycles. The molecule has 1 aromatic rings. The van der Waals surface area contributed by atoms with E-state index < -0.39 is 12.3 Å². The molecule has 0 saturated carbocycles. The number of nitrogens with one attached hydrogen (secondary N) is 1. The first kappa shape index (κ1) is 16.8. The first-order valence-corrected chi connectivity index (χ1v) is 6.60. The average molecular weight is 290 g/mol. The summed E-state index contributed by atoms with van der Waals surface area (Å²) in [5, 5.41) is 3.27. The first-order chi connectivity index (χ1) is 9.20. The van der Waals surface area contributed by atoms with Crippen molar-refractivity contribution in [3.8, 4) is 5.88 Å². The zero-order chi connectivity index (χ0) is 15.3. The minimum absolute atomic E-state index is 0.0000606. The molecular formula is C14H21F3N2O. The smallest absolute Gasteiger partial charge is 0.425 e. The average Bonchev–Trinajstić information content (AvgIpc) is 2.30. The Morgan fingerprint density at radius 2 is 1.90 bits per heavy atom. The molecule has 0 radical (unpaired) electrons. The van der Waals surface area contributed by atoms with Crippen LogP contribution in [0.4, 0.5) is 13.2 Å². The predicted molar refractivity (Wildman–Crippen MR) is 71.7 cm³/mol. The first-order valence-electron chi connectivity index (χ1n) is 6.60. The van der Waals surface area contributed by atoms with Crippen LogP contribution in [0, 0.1) is 12.8 Å². The van der Waals surface area contributed by atoms with E-state index in [4.69, 9.17) is 4.74 Å². The summed E-state index contributed by atoms with van der Waals surface area (Å²) in [6.07, 6.45) is -6.24. The van der Waals surface area contributed by atoms with Gasteiger partial charge in [-0.3, -0.25) is 0 Å². The molecule has 1 aromatic heterocycles. The fraction of sp³-hybridized carbons (Fsp3) is 0.643. The summed E-state index contributed by atoms with van der Waals surface area (Å²) in [5.74, 6) is 0.540. The zero-order valence-electron chi connectivity index (χ0n) is 12.2. The van der Waals surface area contributed by atoms with E-state index in [1.807, 2.05) is 0 Å². The Hall–Kier alpha value is -1.30. The van der Waals surface area contributed by atoms with E-state index in [1.54, 1.807) is 13.0 Å². The highest BCUT2D eigenvalue weighted by atomic mass is 19.4. The van der Waals surface area contributed by atoms with Crippen molar-refractivity contribution in [2.24, 2.45) is 5.92 Å². The van der Waals surface area contributed by atoms with Gasteiger partial charge in [-0.25, -0.2) is 4.98 Å². The lowest BCUT2D eigenvalue weighted by molar-refractivity contribution is -0.190. The third-order valence-corrected chi connectivity index (χ3v) is 2.80. The van der Waals surface area contributed by atoms with Crippen molar-refractivity contribution in [3.05, 3.63) is 23.4 Å². The molecule has 3 nitrogen and oxygen atoms in total. The van der Waals surface area contributed by atoms with Gasteiger partial charge < -0.3 is 10.1 Å². The molecular weight excluding hydrogens is 269 g/mol. The van der Waals surface area contributed by atoms with Gasteiger partial charge >= 0.3 is 6.18 Å². The Morgan fingerprint density at radius 3 is 2.40 bits per heavy atom. The summed E-state index contributed by atoms with van der Waals surface area (Å²) in [7, 11) is 0. The number of alkyl halides is 3. The van der Waals surface area contributed by atoms with Crippen molar-refractivity contribution in [2.75, 3.05) is 6.54 Å². The van der Waals surface area contributed by atoms with Crippen LogP contribution in [-0.2, 0) is 6.54 Å². The third kappa shape index (κ3) is 5.36. The molecule has 0 fully saturated rings. The Bertz CT molecular complexity index is 433. The normalized spacial score (nSPS) is 13.6. The summed E-state index contributed by atoms with van der Waals surface area (Å²) in [5.41, 5.74) is 1.63. The largest absolute Gasteiger partial charge is 0.465 e. The van der Waals surface area contributed by atoms with Crippen molar-refractivity contribution in [1.82, 2.24) is 10.3 Å². The van der Waals surface area contributed by atoms with E-state index in [-0.39, 0.29) is 5.88 Å². The molecule has 1 rings (SSSR count). The lowest BCUT2D eigenvalue weighted by Gasteiger charge is -2.17. The second-order valence-electron chi connectivity index (χ2n) is 5.22. The molecule has 6 heteroatoms. The maximum atomic E-state index is 12.4. The lowest BCUT2D eigenvalue weighted by Crippen LogP contribution is -2.31. The summed E-state index contributed by atoms with van der Waals surface area (Å²) >= 11 is 0. The zero-order valence-corrected chi connectivity index (χ0v) is 12.2. The van der Waals surface area contributed by atoms with Crippen LogP contribution in [0.5, 0.6) is 5.88 Å². The molecule has 20 heavy (non-hydrogen) atoms. The SMILES string of the molecule is Cc1nc(OC(C)C(F)(F)F)ccc1CNCC(C)C. The predicted octanol–water partition coefficient (Wildman–Crippen LogP) is 3.47. The summed E-state index contributed by atoms with van der Waals surface area (Å²) in [4.78, 5) is 4.06. The van der Waals surface area contributed by atoms with Gasteiger partial charge in [0.1, 0.15) is 0 Å². The van der Waals surface area contributed by atoms with Crippen molar-refractivity contribution >= 4 is 0 Å². The number of pyridine rings is 1. The topological polar surface area (TPSA) is 34.1 Å². The van der Waals surface area contributed by atoms with Crippen LogP contribution in [0.15, 0.2) is 12.1 Å². The number of hydrogen-bond donors (Lipinski definition) is 1. The number of ether oxygens (including phenoxy) is 1. The Kier molecular flexibility index (Phi) is 5.80. The second kappa shape index (κ2) is 6.92. The molecule has 114 valence electrons. The maximum absolute atomic E-state index is 12.4. The molecule has 0 bridgehead atoms. The summed E-state index contributed by atoms with van der Waals surface area (Å²) < 4.78 is 42.0. The molecule has 0 aliphatic rings. The highest BCUT2D eigenvalue weighted by molar-refractivity contribution is 5.25. The van der Waals surface area contributed by atoms with Crippen LogP contribution in [0.25, 0.3) is 0 Å². The number of halogens is 3. The summed E-state index contributed by atoms with van der Waals surface area (Å²) in [6, 6.07) is 3.22. The van der Waals surface area contributed by atoms with Gasteiger partial charge in [0.15, 0.2) is 6.10 Å². The van der Waals surface area contributed by atoms with Gasteiger partial charge in [-0.2, -0.15) is 13.2 Å². The van der Waals surface area contributed by atoms with E-state index >= 15 is 0 Å². The highest BCUT2D eigenvalue weighted by Crippen LogP contribution is 2.24. The quantitative estimate of drug-likeness (QED) is 0.871. The van der Waals surface area contributed by atoms with E-state index in [0.29, 0.717) is 18.2 Å². The van der Waals surface area contributed by atoms with E-state index in [2.05, 4.69) is 24.1 Å². The fourth-order valence-electron chi connectivity index (χ4n) is 1.56. The number of aryl methyl sites for hydroxylation is 1. The van der Waals surface area contributed by atoms with Gasteiger partial charge in [-0.15, -0.1) is 0 Å². The van der Waals surface area contributed by atoms with Crippen molar-refractivity contribution < 1.29 is 17.9 Å². The minimum atomic E-state index is -4.38. The monoisotopic (exact) mass is 290 g/mol. The molecule has 0 amide bonds. The lowest BCUT2D eigenvalue weighted by atomic mass is 10.2. The molecule has 1 N–H and O–H groups in total. The molecule has 1 atom stereocenters. The van der Waals surface area contributed by atoms with Crippen LogP contribution in [0.1, 0.15) is 32.0 Å². The molecule has 0 aliphatic carbocycles. The van der Waals surface area contributed by atoms with Crippen molar-refractivity contribution in [2.45, 2.75) is 46.5 Å². The van der Waals surface area contributed by atoms with Crippen LogP contribution < -0.4 is 10.1 Å². The molecule has 1 unspecified atom stereocenters. The Morgan fingerprint density at radius 1 is 1.25 bits per heavy atom. The van der Waals surface area contributed by atoms with Gasteiger partial charge in [0, 0.05) is 18.3 Å². The van der Waals surface area contributed by atoms with E-state index in [0.717, 1.165) is 19.0 Å². The number of aromatic nitrogens is 1. The molecule has 0 spiro atoms. The van der Waals surface area contributed by atoms with Crippen LogP contribution in [0.2, 0.25) is 0 Å². The highest BCUT2D eigenvalue weighted by Gasteiger charge is 2.38. The molecule has 0 saturated heterocycles. The van der Waals surface area contributed by atoms with Gasteiger partial charge in [0.25, 0.3) is 0 Å². The van der Waals surface area contributed by atoms with Crippen molar-refractivity contribution in [3.63, 3.8) is 0 Å². The van der Waals surface area contributed by atoms with Crippen LogP contribution in [-0.4, -0.2) is 23.8 Å². The maximum Gasteiger partial charge on any atom is 0.425 e. The Balaban J connectivity index is 2.63. The van der Waals surface area contributed by atoms with Crippen LogP contribution >= 0.6 is 0 Å². The number of nitrogens with zero attached hydrogens (tertiary/aromatic N) is 1. The van der Waals surface area contributed by atoms with Gasteiger partial charge in [0.2, 0.25) is 5.88 Å². The van der Waals surface area contributed by atoms with Crippen molar-refractivity contribution in [1.29, 1.82) is 0 Å². The summed E-state index contributed by atoms with van der Waals surface area (Å²) in [6.45, 7) is 8.46. The molecule has 0 aromatic carbocycles. The van der Waals surface area contributed by atoms with Crippen LogP contribution in [0.3, 0.4) is 0 Å². The standard InChI is InChI=1S/C14H21F3N2O/c1-9(2)7-18-8-12-5-6-13(19-10(12)3)20-11(4)14(15,16)17/h5-6,9,11,18H,7-8H2,1-4H3. The van der Waals surface area contributed by atoms with Gasteiger partial charge in [0.05, 0.1) is 0 Å². The van der Waals surface area contributed by atoms with E-state index in [1.165, 1.54) is 6.07 Å². The minimum Gasteiger partial charge on any atom is -0.465 e.